The average molecular weight is 345 g/mol. The van der Waals surface area contributed by atoms with Crippen molar-refractivity contribution in [3.63, 3.8) is 0 Å². The molecule has 2 N–H and O–H groups in total. The number of nitrogens with one attached hydrogen (secondary N) is 2. The zero-order chi connectivity index (χ0) is 15.5. The normalized spacial score (nSPS) is 13.0. The second kappa shape index (κ2) is 6.58. The van der Waals surface area contributed by atoms with Gasteiger partial charge in [0.05, 0.1) is 12.3 Å². The lowest BCUT2D eigenvalue weighted by Gasteiger charge is -2.28. The highest BCUT2D eigenvalue weighted by atomic mass is 32.2. The van der Waals surface area contributed by atoms with E-state index in [9.17, 15) is 8.42 Å². The van der Waals surface area contributed by atoms with Gasteiger partial charge in [0, 0.05) is 21.8 Å². The molecule has 2 aromatic heterocycles. The standard InChI is InChI=1S/C14H20N2O2S3/c1-14(2,16-21(3,17)18)10-15-13(11-6-4-8-19-11)12-7-5-9-20-12/h4-9,13,15-16H,10H2,1-3H3. The number of hydrogen-bond acceptors (Lipinski definition) is 5. The number of thiophene rings is 2. The van der Waals surface area contributed by atoms with Gasteiger partial charge < -0.3 is 5.32 Å². The predicted octanol–water partition coefficient (Wildman–Crippen LogP) is 2.82. The van der Waals surface area contributed by atoms with Crippen LogP contribution in [0.4, 0.5) is 0 Å². The van der Waals surface area contributed by atoms with Gasteiger partial charge in [-0.3, -0.25) is 0 Å². The van der Waals surface area contributed by atoms with Crippen LogP contribution in [-0.2, 0) is 10.0 Å². The summed E-state index contributed by atoms with van der Waals surface area (Å²) >= 11 is 3.40. The van der Waals surface area contributed by atoms with E-state index in [0.717, 1.165) is 0 Å². The molecule has 21 heavy (non-hydrogen) atoms. The van der Waals surface area contributed by atoms with E-state index in [1.165, 1.54) is 16.0 Å². The van der Waals surface area contributed by atoms with Gasteiger partial charge in [0.2, 0.25) is 10.0 Å². The molecule has 0 aliphatic carbocycles. The van der Waals surface area contributed by atoms with E-state index < -0.39 is 15.6 Å². The molecule has 7 heteroatoms. The molecule has 0 saturated carbocycles. The van der Waals surface area contributed by atoms with Crippen molar-refractivity contribution < 1.29 is 8.42 Å². The Hall–Kier alpha value is -0.730. The van der Waals surface area contributed by atoms with Crippen LogP contribution in [0.25, 0.3) is 0 Å². The van der Waals surface area contributed by atoms with E-state index in [2.05, 4.69) is 32.9 Å². The van der Waals surface area contributed by atoms with Crippen LogP contribution in [0, 0.1) is 0 Å². The lowest BCUT2D eigenvalue weighted by Crippen LogP contribution is -2.50. The predicted molar refractivity (Wildman–Crippen MR) is 90.5 cm³/mol. The zero-order valence-electron chi connectivity index (χ0n) is 12.3. The van der Waals surface area contributed by atoms with Gasteiger partial charge in [0.15, 0.2) is 0 Å². The van der Waals surface area contributed by atoms with Crippen molar-refractivity contribution in [1.29, 1.82) is 0 Å². The first-order valence-electron chi connectivity index (χ1n) is 6.56. The molecule has 2 rings (SSSR count). The van der Waals surface area contributed by atoms with Crippen molar-refractivity contribution in [3.05, 3.63) is 44.8 Å². The van der Waals surface area contributed by atoms with Crippen LogP contribution < -0.4 is 10.0 Å². The van der Waals surface area contributed by atoms with Gasteiger partial charge >= 0.3 is 0 Å². The van der Waals surface area contributed by atoms with E-state index in [1.807, 2.05) is 26.0 Å². The Morgan fingerprint density at radius 1 is 1.14 bits per heavy atom. The summed E-state index contributed by atoms with van der Waals surface area (Å²) in [4.78, 5) is 2.46. The molecule has 0 radical (unpaired) electrons. The fourth-order valence-corrected chi connectivity index (χ4v) is 4.93. The van der Waals surface area contributed by atoms with Crippen LogP contribution in [0.1, 0.15) is 29.6 Å². The second-order valence-corrected chi connectivity index (χ2v) is 9.31. The Kier molecular flexibility index (Phi) is 5.21. The van der Waals surface area contributed by atoms with Gasteiger partial charge in [-0.05, 0) is 36.7 Å². The Morgan fingerprint density at radius 3 is 2.05 bits per heavy atom. The maximum atomic E-state index is 11.4. The van der Waals surface area contributed by atoms with E-state index in [0.29, 0.717) is 6.54 Å². The van der Waals surface area contributed by atoms with Crippen molar-refractivity contribution in [2.45, 2.75) is 25.4 Å². The van der Waals surface area contributed by atoms with E-state index in [4.69, 9.17) is 0 Å². The lowest BCUT2D eigenvalue weighted by atomic mass is 10.1. The lowest BCUT2D eigenvalue weighted by molar-refractivity contribution is 0.408. The van der Waals surface area contributed by atoms with Gasteiger partial charge in [-0.25, -0.2) is 13.1 Å². The van der Waals surface area contributed by atoms with E-state index in [1.54, 1.807) is 22.7 Å². The molecular weight excluding hydrogens is 324 g/mol. The molecular formula is C14H20N2O2S3. The zero-order valence-corrected chi connectivity index (χ0v) is 14.7. The first kappa shape index (κ1) is 16.6. The molecule has 0 amide bonds. The highest BCUT2D eigenvalue weighted by Gasteiger charge is 2.25. The van der Waals surface area contributed by atoms with Gasteiger partial charge in [-0.2, -0.15) is 0 Å². The van der Waals surface area contributed by atoms with Crippen LogP contribution in [-0.4, -0.2) is 26.8 Å². The first-order chi connectivity index (χ1) is 9.77. The third-order valence-corrected chi connectivity index (χ3v) is 5.66. The monoisotopic (exact) mass is 344 g/mol. The Bertz CT molecular complexity index is 612. The minimum absolute atomic E-state index is 0.102. The molecule has 0 unspecified atom stereocenters. The summed E-state index contributed by atoms with van der Waals surface area (Å²) in [5, 5.41) is 7.59. The van der Waals surface area contributed by atoms with Gasteiger partial charge in [-0.1, -0.05) is 12.1 Å². The number of hydrogen-bond donors (Lipinski definition) is 2. The molecule has 0 saturated heterocycles. The van der Waals surface area contributed by atoms with Crippen molar-refractivity contribution in [3.8, 4) is 0 Å². The van der Waals surface area contributed by atoms with Crippen LogP contribution in [0.3, 0.4) is 0 Å². The summed E-state index contributed by atoms with van der Waals surface area (Å²) in [5.74, 6) is 0. The van der Waals surface area contributed by atoms with Gasteiger partial charge in [0.1, 0.15) is 0 Å². The molecule has 4 nitrogen and oxygen atoms in total. The molecule has 0 fully saturated rings. The Morgan fingerprint density at radius 2 is 1.67 bits per heavy atom. The maximum Gasteiger partial charge on any atom is 0.209 e. The van der Waals surface area contributed by atoms with Crippen LogP contribution in [0.2, 0.25) is 0 Å². The van der Waals surface area contributed by atoms with Gasteiger partial charge in [-0.15, -0.1) is 22.7 Å². The molecule has 0 aromatic carbocycles. The molecule has 2 heterocycles. The molecule has 0 spiro atoms. The average Bonchev–Trinajstić information content (AvgIpc) is 2.97. The maximum absolute atomic E-state index is 11.4. The molecule has 0 aliphatic rings. The van der Waals surface area contributed by atoms with Crippen molar-refractivity contribution in [1.82, 2.24) is 10.0 Å². The smallest absolute Gasteiger partial charge is 0.209 e. The fraction of sp³-hybridized carbons (Fsp3) is 0.429. The molecule has 0 atom stereocenters. The van der Waals surface area contributed by atoms with Crippen molar-refractivity contribution >= 4 is 32.7 Å². The summed E-state index contributed by atoms with van der Waals surface area (Å²) in [6, 6.07) is 8.35. The molecule has 2 aromatic rings. The summed E-state index contributed by atoms with van der Waals surface area (Å²) in [5.41, 5.74) is -0.541. The van der Waals surface area contributed by atoms with E-state index in [-0.39, 0.29) is 6.04 Å². The third kappa shape index (κ3) is 5.19. The Labute approximate surface area is 134 Å². The van der Waals surface area contributed by atoms with Crippen LogP contribution >= 0.6 is 22.7 Å². The number of sulfonamides is 1. The minimum Gasteiger partial charge on any atom is -0.303 e. The summed E-state index contributed by atoms with van der Waals surface area (Å²) < 4.78 is 25.5. The molecule has 0 bridgehead atoms. The van der Waals surface area contributed by atoms with Gasteiger partial charge in [0.25, 0.3) is 0 Å². The highest BCUT2D eigenvalue weighted by Crippen LogP contribution is 2.29. The highest BCUT2D eigenvalue weighted by molar-refractivity contribution is 7.88. The fourth-order valence-electron chi connectivity index (χ4n) is 2.15. The first-order valence-corrected chi connectivity index (χ1v) is 10.2. The Balaban J connectivity index is 2.10. The molecule has 116 valence electrons. The summed E-state index contributed by atoms with van der Waals surface area (Å²) in [7, 11) is -3.22. The summed E-state index contributed by atoms with van der Waals surface area (Å²) in [6.07, 6.45) is 1.19. The van der Waals surface area contributed by atoms with Crippen LogP contribution in [0.15, 0.2) is 35.0 Å². The quantitative estimate of drug-likeness (QED) is 0.812. The largest absolute Gasteiger partial charge is 0.303 e. The summed E-state index contributed by atoms with van der Waals surface area (Å²) in [6.45, 7) is 4.29. The third-order valence-electron chi connectivity index (χ3n) is 2.87. The van der Waals surface area contributed by atoms with Crippen molar-refractivity contribution in [2.75, 3.05) is 12.8 Å². The minimum atomic E-state index is -3.22. The van der Waals surface area contributed by atoms with Crippen molar-refractivity contribution in [2.24, 2.45) is 0 Å². The molecule has 0 aliphatic heterocycles. The topological polar surface area (TPSA) is 58.2 Å². The van der Waals surface area contributed by atoms with E-state index >= 15 is 0 Å². The SMILES string of the molecule is CC(C)(CNC(c1cccs1)c1cccs1)NS(C)(=O)=O. The number of rotatable bonds is 7. The van der Waals surface area contributed by atoms with Crippen LogP contribution in [0.5, 0.6) is 0 Å². The second-order valence-electron chi connectivity index (χ2n) is 5.60.